The molecule has 0 atom stereocenters. The predicted molar refractivity (Wildman–Crippen MR) is 119 cm³/mol. The first-order valence-corrected chi connectivity index (χ1v) is 9.82. The highest BCUT2D eigenvalue weighted by Gasteiger charge is 2.37. The molecule has 2 N–H and O–H groups in total. The first-order chi connectivity index (χ1) is 13.7. The standard InChI is InChI=1S/C25H22ClNO2/c1-14-9-10-16(26)12-20(14)25(3,4)15(2)11-18-23(28)22(24(18)29)19-13-27-21-8-6-5-7-17(19)21/h5-13,27-28H,2H2,1,3-4H3/b18-11+. The maximum Gasteiger partial charge on any atom is 0.201 e. The molecule has 1 aliphatic carbocycles. The molecule has 2 aromatic carbocycles. The summed E-state index contributed by atoms with van der Waals surface area (Å²) in [5.74, 6) is -0.161. The van der Waals surface area contributed by atoms with Gasteiger partial charge in [0.1, 0.15) is 5.76 Å². The maximum atomic E-state index is 12.9. The molecule has 4 rings (SSSR count). The summed E-state index contributed by atoms with van der Waals surface area (Å²) in [6.45, 7) is 10.3. The highest BCUT2D eigenvalue weighted by Crippen LogP contribution is 2.42. The van der Waals surface area contributed by atoms with Gasteiger partial charge in [0.15, 0.2) is 0 Å². The van der Waals surface area contributed by atoms with Gasteiger partial charge in [-0.15, -0.1) is 0 Å². The molecule has 3 nitrogen and oxygen atoms in total. The number of aliphatic hydroxyl groups is 1. The molecule has 0 saturated carbocycles. The minimum Gasteiger partial charge on any atom is -0.506 e. The van der Waals surface area contributed by atoms with E-state index in [1.807, 2.05) is 63.2 Å². The molecular formula is C25H22ClNO2. The molecule has 1 aromatic heterocycles. The van der Waals surface area contributed by atoms with E-state index >= 15 is 0 Å². The van der Waals surface area contributed by atoms with Gasteiger partial charge in [-0.1, -0.05) is 56.3 Å². The van der Waals surface area contributed by atoms with Crippen molar-refractivity contribution in [3.05, 3.63) is 99.9 Å². The lowest BCUT2D eigenvalue weighted by Crippen LogP contribution is -2.24. The van der Waals surface area contributed by atoms with Crippen molar-refractivity contribution in [2.45, 2.75) is 26.2 Å². The summed E-state index contributed by atoms with van der Waals surface area (Å²) in [5.41, 5.74) is 4.71. The van der Waals surface area contributed by atoms with E-state index in [-0.39, 0.29) is 11.5 Å². The maximum absolute atomic E-state index is 12.9. The molecule has 0 unspecified atom stereocenters. The number of nitrogens with one attached hydrogen (secondary N) is 1. The third-order valence-electron chi connectivity index (χ3n) is 5.82. The number of aliphatic hydroxyl groups excluding tert-OH is 1. The number of carbonyl (C=O) groups excluding carboxylic acids is 1. The number of allylic oxidation sites excluding steroid dienone is 4. The fraction of sp³-hybridized carbons (Fsp3) is 0.160. The number of Topliss-reactive ketones (excluding diaryl/α,β-unsaturated/α-hetero) is 1. The second-order valence-corrected chi connectivity index (χ2v) is 8.40. The van der Waals surface area contributed by atoms with Crippen LogP contribution in [-0.2, 0) is 10.2 Å². The molecule has 0 radical (unpaired) electrons. The van der Waals surface area contributed by atoms with Gasteiger partial charge in [0.25, 0.3) is 0 Å². The smallest absolute Gasteiger partial charge is 0.201 e. The lowest BCUT2D eigenvalue weighted by molar-refractivity contribution is -0.111. The molecule has 29 heavy (non-hydrogen) atoms. The minimum absolute atomic E-state index is 0.0134. The van der Waals surface area contributed by atoms with Gasteiger partial charge >= 0.3 is 0 Å². The molecule has 4 heteroatoms. The molecule has 146 valence electrons. The van der Waals surface area contributed by atoms with Gasteiger partial charge in [-0.05, 0) is 47.9 Å². The van der Waals surface area contributed by atoms with Crippen molar-refractivity contribution in [2.75, 3.05) is 0 Å². The molecule has 0 aliphatic heterocycles. The molecule has 1 heterocycles. The van der Waals surface area contributed by atoms with Crippen LogP contribution >= 0.6 is 11.6 Å². The number of para-hydroxylation sites is 1. The molecule has 0 fully saturated rings. The minimum atomic E-state index is -0.445. The van der Waals surface area contributed by atoms with Crippen LogP contribution in [0.15, 0.2) is 78.2 Å². The molecule has 0 amide bonds. The number of ketones is 1. The van der Waals surface area contributed by atoms with E-state index in [0.29, 0.717) is 16.2 Å². The van der Waals surface area contributed by atoms with Crippen molar-refractivity contribution in [3.63, 3.8) is 0 Å². The first kappa shape index (κ1) is 19.3. The number of hydrogen-bond donors (Lipinski definition) is 2. The molecule has 0 saturated heterocycles. The van der Waals surface area contributed by atoms with Gasteiger partial charge in [-0.2, -0.15) is 0 Å². The van der Waals surface area contributed by atoms with Crippen LogP contribution in [0.4, 0.5) is 0 Å². The zero-order valence-corrected chi connectivity index (χ0v) is 17.4. The molecule has 0 spiro atoms. The number of rotatable bonds is 4. The molecule has 3 aromatic rings. The third-order valence-corrected chi connectivity index (χ3v) is 6.05. The van der Waals surface area contributed by atoms with E-state index in [0.717, 1.165) is 33.2 Å². The van der Waals surface area contributed by atoms with E-state index in [4.69, 9.17) is 11.6 Å². The lowest BCUT2D eigenvalue weighted by atomic mass is 9.74. The van der Waals surface area contributed by atoms with Crippen LogP contribution in [0, 0.1) is 6.92 Å². The van der Waals surface area contributed by atoms with Crippen LogP contribution in [0.2, 0.25) is 5.02 Å². The van der Waals surface area contributed by atoms with Crippen molar-refractivity contribution in [3.8, 4) is 0 Å². The van der Waals surface area contributed by atoms with Crippen molar-refractivity contribution in [1.29, 1.82) is 0 Å². The quantitative estimate of drug-likeness (QED) is 0.492. The Bertz CT molecular complexity index is 1240. The van der Waals surface area contributed by atoms with E-state index in [1.54, 1.807) is 12.3 Å². The Hall–Kier alpha value is -3.04. The number of benzene rings is 2. The second kappa shape index (κ2) is 6.78. The van der Waals surface area contributed by atoms with Crippen molar-refractivity contribution >= 4 is 33.9 Å². The lowest BCUT2D eigenvalue weighted by Gasteiger charge is -2.30. The van der Waals surface area contributed by atoms with Gasteiger partial charge in [0.2, 0.25) is 5.78 Å². The second-order valence-electron chi connectivity index (χ2n) is 7.97. The average molecular weight is 404 g/mol. The Morgan fingerprint density at radius 2 is 1.93 bits per heavy atom. The number of aromatic nitrogens is 1. The highest BCUT2D eigenvalue weighted by molar-refractivity contribution is 6.40. The van der Waals surface area contributed by atoms with Gasteiger partial charge in [0, 0.05) is 33.1 Å². The summed E-state index contributed by atoms with van der Waals surface area (Å²) in [6.07, 6.45) is 3.45. The normalized spacial score (nSPS) is 15.9. The molecular weight excluding hydrogens is 382 g/mol. The van der Waals surface area contributed by atoms with E-state index in [2.05, 4.69) is 11.6 Å². The predicted octanol–water partition coefficient (Wildman–Crippen LogP) is 6.44. The van der Waals surface area contributed by atoms with E-state index in [9.17, 15) is 9.90 Å². The van der Waals surface area contributed by atoms with Crippen LogP contribution in [0.25, 0.3) is 16.5 Å². The van der Waals surface area contributed by atoms with Crippen molar-refractivity contribution in [1.82, 2.24) is 4.98 Å². The van der Waals surface area contributed by atoms with Crippen LogP contribution in [0.1, 0.15) is 30.5 Å². The number of H-pyrrole nitrogens is 1. The number of carbonyl (C=O) groups is 1. The monoisotopic (exact) mass is 403 g/mol. The molecule has 1 aliphatic rings. The average Bonchev–Trinajstić information content (AvgIpc) is 3.11. The zero-order valence-electron chi connectivity index (χ0n) is 16.6. The van der Waals surface area contributed by atoms with Crippen molar-refractivity contribution < 1.29 is 9.90 Å². The van der Waals surface area contributed by atoms with Gasteiger partial charge in [-0.3, -0.25) is 4.79 Å². The highest BCUT2D eigenvalue weighted by atomic mass is 35.5. The molecule has 0 bridgehead atoms. The van der Waals surface area contributed by atoms with Gasteiger partial charge in [0.05, 0.1) is 11.1 Å². The van der Waals surface area contributed by atoms with Gasteiger partial charge in [-0.25, -0.2) is 0 Å². The number of hydrogen-bond acceptors (Lipinski definition) is 2. The van der Waals surface area contributed by atoms with Crippen molar-refractivity contribution in [2.24, 2.45) is 0 Å². The SMILES string of the molecule is C=C(/C=C1/C(=O)C(c2c[nH]c3ccccc23)=C1O)C(C)(C)c1cc(Cl)ccc1C. The van der Waals surface area contributed by atoms with Gasteiger partial charge < -0.3 is 10.1 Å². The topological polar surface area (TPSA) is 53.1 Å². The Balaban J connectivity index is 1.71. The fourth-order valence-electron chi connectivity index (χ4n) is 3.88. The van der Waals surface area contributed by atoms with Crippen LogP contribution in [0.3, 0.4) is 0 Å². The number of halogens is 1. The summed E-state index contributed by atoms with van der Waals surface area (Å²) < 4.78 is 0. The number of aryl methyl sites for hydroxylation is 1. The summed E-state index contributed by atoms with van der Waals surface area (Å²) in [7, 11) is 0. The zero-order chi connectivity index (χ0) is 20.9. The summed E-state index contributed by atoms with van der Waals surface area (Å²) in [4.78, 5) is 16.0. The Kier molecular flexibility index (Phi) is 4.51. The summed E-state index contributed by atoms with van der Waals surface area (Å²) >= 11 is 6.19. The summed E-state index contributed by atoms with van der Waals surface area (Å²) in [5, 5.41) is 12.2. The Morgan fingerprint density at radius 1 is 1.21 bits per heavy atom. The number of aromatic amines is 1. The van der Waals surface area contributed by atoms with Crippen LogP contribution in [-0.4, -0.2) is 15.9 Å². The third kappa shape index (κ3) is 3.02. The van der Waals surface area contributed by atoms with Crippen LogP contribution in [0.5, 0.6) is 0 Å². The first-order valence-electron chi connectivity index (χ1n) is 9.44. The Morgan fingerprint density at radius 3 is 2.66 bits per heavy atom. The Labute approximate surface area is 175 Å². The van der Waals surface area contributed by atoms with E-state index in [1.165, 1.54) is 0 Å². The number of fused-ring (bicyclic) bond motifs is 1. The summed E-state index contributed by atoms with van der Waals surface area (Å²) in [6, 6.07) is 13.5. The van der Waals surface area contributed by atoms with Crippen LogP contribution < -0.4 is 0 Å². The van der Waals surface area contributed by atoms with E-state index < -0.39 is 5.41 Å². The fourth-order valence-corrected chi connectivity index (χ4v) is 4.05. The largest absolute Gasteiger partial charge is 0.506 e.